The third-order valence-corrected chi connectivity index (χ3v) is 3.24. The monoisotopic (exact) mass is 323 g/mol. The van der Waals surface area contributed by atoms with Crippen LogP contribution in [0.15, 0.2) is 46.9 Å². The molecule has 0 saturated heterocycles. The van der Waals surface area contributed by atoms with Crippen LogP contribution >= 0.6 is 15.9 Å². The fraction of sp³-hybridized carbons (Fsp3) is 0.200. The lowest BCUT2D eigenvalue weighted by atomic mass is 10.1. The summed E-state index contributed by atoms with van der Waals surface area (Å²) in [5.74, 6) is 0.118. The lowest BCUT2D eigenvalue weighted by Gasteiger charge is -2.18. The molecule has 0 aliphatic carbocycles. The van der Waals surface area contributed by atoms with Gasteiger partial charge in [-0.2, -0.15) is 0 Å². The highest BCUT2D eigenvalue weighted by atomic mass is 79.9. The van der Waals surface area contributed by atoms with Crippen molar-refractivity contribution in [2.75, 3.05) is 6.54 Å². The third-order valence-electron chi connectivity index (χ3n) is 2.78. The zero-order valence-corrected chi connectivity index (χ0v) is 12.2. The van der Waals surface area contributed by atoms with Gasteiger partial charge in [0.2, 0.25) is 0 Å². The summed E-state index contributed by atoms with van der Waals surface area (Å²) in [5.41, 5.74) is 7.89. The van der Waals surface area contributed by atoms with Gasteiger partial charge < -0.3 is 10.5 Å². The predicted molar refractivity (Wildman–Crippen MR) is 77.7 cm³/mol. The molecule has 2 nitrogen and oxygen atoms in total. The van der Waals surface area contributed by atoms with Crippen molar-refractivity contribution in [2.45, 2.75) is 13.0 Å². The van der Waals surface area contributed by atoms with Gasteiger partial charge in [-0.3, -0.25) is 0 Å². The molecule has 0 heterocycles. The largest absolute Gasteiger partial charge is 0.484 e. The SMILES string of the molecule is Cc1ccc(C(CN)Oc2cc(F)cc(Br)c2)cc1. The van der Waals surface area contributed by atoms with Crippen LogP contribution in [0.25, 0.3) is 0 Å². The van der Waals surface area contributed by atoms with Gasteiger partial charge in [-0.1, -0.05) is 45.8 Å². The molecule has 1 atom stereocenters. The van der Waals surface area contributed by atoms with Crippen LogP contribution < -0.4 is 10.5 Å². The van der Waals surface area contributed by atoms with Crippen molar-refractivity contribution in [1.29, 1.82) is 0 Å². The van der Waals surface area contributed by atoms with Crippen molar-refractivity contribution in [2.24, 2.45) is 5.73 Å². The number of benzene rings is 2. The Morgan fingerprint density at radius 2 is 1.89 bits per heavy atom. The summed E-state index contributed by atoms with van der Waals surface area (Å²) in [4.78, 5) is 0. The smallest absolute Gasteiger partial charge is 0.136 e. The van der Waals surface area contributed by atoms with E-state index in [-0.39, 0.29) is 11.9 Å². The minimum absolute atomic E-state index is 0.283. The molecule has 0 amide bonds. The Hall–Kier alpha value is -1.39. The highest BCUT2D eigenvalue weighted by molar-refractivity contribution is 9.10. The molecule has 0 saturated carbocycles. The molecule has 2 N–H and O–H groups in total. The lowest BCUT2D eigenvalue weighted by Crippen LogP contribution is -2.18. The average molecular weight is 324 g/mol. The molecule has 0 aliphatic heterocycles. The number of ether oxygens (including phenoxy) is 1. The van der Waals surface area contributed by atoms with E-state index in [0.29, 0.717) is 16.8 Å². The van der Waals surface area contributed by atoms with Gasteiger partial charge in [-0.05, 0) is 24.6 Å². The maximum absolute atomic E-state index is 13.3. The van der Waals surface area contributed by atoms with E-state index in [1.165, 1.54) is 17.7 Å². The second-order valence-electron chi connectivity index (χ2n) is 4.36. The topological polar surface area (TPSA) is 35.2 Å². The van der Waals surface area contributed by atoms with Crippen molar-refractivity contribution in [3.05, 3.63) is 63.9 Å². The second-order valence-corrected chi connectivity index (χ2v) is 5.27. The van der Waals surface area contributed by atoms with Gasteiger partial charge in [0.25, 0.3) is 0 Å². The highest BCUT2D eigenvalue weighted by Gasteiger charge is 2.12. The maximum Gasteiger partial charge on any atom is 0.136 e. The van der Waals surface area contributed by atoms with E-state index in [2.05, 4.69) is 15.9 Å². The molecule has 19 heavy (non-hydrogen) atoms. The van der Waals surface area contributed by atoms with E-state index < -0.39 is 0 Å². The van der Waals surface area contributed by atoms with Crippen molar-refractivity contribution in [3.8, 4) is 5.75 Å². The van der Waals surface area contributed by atoms with Crippen LogP contribution in [0.5, 0.6) is 5.75 Å². The van der Waals surface area contributed by atoms with E-state index in [4.69, 9.17) is 10.5 Å². The van der Waals surface area contributed by atoms with Crippen molar-refractivity contribution >= 4 is 15.9 Å². The first-order chi connectivity index (χ1) is 9.08. The van der Waals surface area contributed by atoms with Crippen molar-refractivity contribution in [3.63, 3.8) is 0 Å². The van der Waals surface area contributed by atoms with Gasteiger partial charge in [0.15, 0.2) is 0 Å². The maximum atomic E-state index is 13.3. The van der Waals surface area contributed by atoms with Crippen LogP contribution in [-0.4, -0.2) is 6.54 Å². The second kappa shape index (κ2) is 6.17. The summed E-state index contributed by atoms with van der Waals surface area (Å²) >= 11 is 3.24. The van der Waals surface area contributed by atoms with Crippen LogP contribution in [0.2, 0.25) is 0 Å². The first-order valence-corrected chi connectivity index (χ1v) is 6.77. The number of hydrogen-bond donors (Lipinski definition) is 1. The quantitative estimate of drug-likeness (QED) is 0.923. The zero-order chi connectivity index (χ0) is 13.8. The fourth-order valence-corrected chi connectivity index (χ4v) is 2.24. The molecule has 0 bridgehead atoms. The molecule has 0 aromatic heterocycles. The van der Waals surface area contributed by atoms with Gasteiger partial charge in [0.05, 0.1) is 0 Å². The molecule has 1 unspecified atom stereocenters. The van der Waals surface area contributed by atoms with E-state index >= 15 is 0 Å². The van der Waals surface area contributed by atoms with E-state index in [0.717, 1.165) is 5.56 Å². The van der Waals surface area contributed by atoms with Gasteiger partial charge in [-0.25, -0.2) is 4.39 Å². The van der Waals surface area contributed by atoms with Gasteiger partial charge in [0, 0.05) is 17.1 Å². The Balaban J connectivity index is 2.21. The van der Waals surface area contributed by atoms with Crippen LogP contribution in [0.1, 0.15) is 17.2 Å². The Bertz CT molecular complexity index is 536. The first-order valence-electron chi connectivity index (χ1n) is 5.98. The Morgan fingerprint density at radius 1 is 1.21 bits per heavy atom. The Kier molecular flexibility index (Phi) is 4.56. The normalized spacial score (nSPS) is 12.2. The molecule has 2 aromatic carbocycles. The Labute approximate surface area is 120 Å². The molecular weight excluding hydrogens is 309 g/mol. The summed E-state index contributed by atoms with van der Waals surface area (Å²) in [6.45, 7) is 2.35. The van der Waals surface area contributed by atoms with Gasteiger partial charge in [0.1, 0.15) is 17.7 Å². The summed E-state index contributed by atoms with van der Waals surface area (Å²) in [5, 5.41) is 0. The number of hydrogen-bond acceptors (Lipinski definition) is 2. The van der Waals surface area contributed by atoms with E-state index in [1.54, 1.807) is 6.07 Å². The molecule has 4 heteroatoms. The minimum Gasteiger partial charge on any atom is -0.484 e. The fourth-order valence-electron chi connectivity index (χ4n) is 1.79. The average Bonchev–Trinajstić information content (AvgIpc) is 2.36. The lowest BCUT2D eigenvalue weighted by molar-refractivity contribution is 0.213. The first kappa shape index (κ1) is 14.0. The van der Waals surface area contributed by atoms with Crippen LogP contribution in [0.3, 0.4) is 0 Å². The molecule has 0 aliphatic rings. The van der Waals surface area contributed by atoms with Crippen LogP contribution in [-0.2, 0) is 0 Å². The summed E-state index contributed by atoms with van der Waals surface area (Å²) in [7, 11) is 0. The number of rotatable bonds is 4. The van der Waals surface area contributed by atoms with Gasteiger partial charge >= 0.3 is 0 Å². The number of nitrogens with two attached hydrogens (primary N) is 1. The molecule has 100 valence electrons. The summed E-state index contributed by atoms with van der Waals surface area (Å²) < 4.78 is 19.7. The third kappa shape index (κ3) is 3.78. The standard InChI is InChI=1S/C15H15BrFNO/c1-10-2-4-11(5-3-10)15(9-18)19-14-7-12(16)6-13(17)8-14/h2-8,15H,9,18H2,1H3. The zero-order valence-electron chi connectivity index (χ0n) is 10.6. The number of aryl methyl sites for hydroxylation is 1. The molecule has 2 rings (SSSR count). The van der Waals surface area contributed by atoms with E-state index in [1.807, 2.05) is 31.2 Å². The van der Waals surface area contributed by atoms with Crippen molar-refractivity contribution in [1.82, 2.24) is 0 Å². The Morgan fingerprint density at radius 3 is 2.47 bits per heavy atom. The van der Waals surface area contributed by atoms with Gasteiger partial charge in [-0.15, -0.1) is 0 Å². The molecule has 2 aromatic rings. The highest BCUT2D eigenvalue weighted by Crippen LogP contribution is 2.25. The van der Waals surface area contributed by atoms with Crippen LogP contribution in [0.4, 0.5) is 4.39 Å². The number of halogens is 2. The summed E-state index contributed by atoms with van der Waals surface area (Å²) in [6.07, 6.45) is -0.283. The molecule has 0 fully saturated rings. The minimum atomic E-state index is -0.343. The summed E-state index contributed by atoms with van der Waals surface area (Å²) in [6, 6.07) is 12.4. The molecule has 0 radical (unpaired) electrons. The predicted octanol–water partition coefficient (Wildman–Crippen LogP) is 3.98. The van der Waals surface area contributed by atoms with Crippen LogP contribution in [0, 0.1) is 12.7 Å². The molecule has 0 spiro atoms. The molecular formula is C15H15BrFNO. The van der Waals surface area contributed by atoms with Crippen molar-refractivity contribution < 1.29 is 9.13 Å². The van der Waals surface area contributed by atoms with E-state index in [9.17, 15) is 4.39 Å².